The van der Waals surface area contributed by atoms with Crippen molar-refractivity contribution in [2.45, 2.75) is 25.6 Å². The van der Waals surface area contributed by atoms with E-state index in [0.29, 0.717) is 5.56 Å². The summed E-state index contributed by atoms with van der Waals surface area (Å²) in [6.07, 6.45) is -5.28. The fourth-order valence-electron chi connectivity index (χ4n) is 1.56. The molecule has 1 aromatic rings. The Morgan fingerprint density at radius 1 is 1.37 bits per heavy atom. The van der Waals surface area contributed by atoms with E-state index >= 15 is 0 Å². The highest BCUT2D eigenvalue weighted by Crippen LogP contribution is 2.22. The van der Waals surface area contributed by atoms with Gasteiger partial charge in [0.2, 0.25) is 0 Å². The number of carbonyl (C=O) groups is 1. The molecule has 0 bridgehead atoms. The average Bonchev–Trinajstić information content (AvgIpc) is 2.26. The number of aromatic carboxylic acids is 1. The van der Waals surface area contributed by atoms with Crippen molar-refractivity contribution in [3.8, 4) is 0 Å². The van der Waals surface area contributed by atoms with Crippen LogP contribution in [-0.4, -0.2) is 23.9 Å². The largest absolute Gasteiger partial charge is 0.478 e. The molecule has 0 saturated carbocycles. The van der Waals surface area contributed by atoms with Crippen molar-refractivity contribution in [2.24, 2.45) is 0 Å². The molecule has 7 heteroatoms. The van der Waals surface area contributed by atoms with Crippen LogP contribution in [0.5, 0.6) is 0 Å². The minimum atomic E-state index is -4.20. The van der Waals surface area contributed by atoms with E-state index in [1.807, 2.05) is 0 Å². The molecule has 0 spiro atoms. The number of alkyl halides is 3. The topological polar surface area (TPSA) is 72.5 Å². The van der Waals surface area contributed by atoms with E-state index in [9.17, 15) is 18.0 Å². The highest BCUT2D eigenvalue weighted by molar-refractivity contribution is 5.95. The Bertz CT molecular complexity index is 446. The van der Waals surface area contributed by atoms with Crippen LogP contribution in [0.1, 0.15) is 28.8 Å². The molecule has 1 aromatic carbocycles. The first-order valence-electron chi connectivity index (χ1n) is 5.56. The zero-order valence-corrected chi connectivity index (χ0v) is 10.0. The first-order chi connectivity index (χ1) is 8.81. The maximum atomic E-state index is 11.9. The van der Waals surface area contributed by atoms with Crippen molar-refractivity contribution in [3.05, 3.63) is 29.3 Å². The summed E-state index contributed by atoms with van der Waals surface area (Å²) in [6.45, 7) is -0.169. The maximum absolute atomic E-state index is 11.9. The predicted octanol–water partition coefficient (Wildman–Crippen LogP) is 2.83. The Hall–Kier alpha value is -1.76. The second-order valence-corrected chi connectivity index (χ2v) is 3.96. The van der Waals surface area contributed by atoms with Crippen LogP contribution in [0.2, 0.25) is 0 Å². The predicted molar refractivity (Wildman–Crippen MR) is 62.8 cm³/mol. The lowest BCUT2D eigenvalue weighted by molar-refractivity contribution is -0.138. The molecule has 106 valence electrons. The van der Waals surface area contributed by atoms with Gasteiger partial charge in [-0.05, 0) is 18.1 Å². The number of nitrogens with two attached hydrogens (primary N) is 1. The number of hydrogen-bond donors (Lipinski definition) is 2. The van der Waals surface area contributed by atoms with Crippen molar-refractivity contribution in [2.75, 3.05) is 12.3 Å². The molecule has 0 atom stereocenters. The highest BCUT2D eigenvalue weighted by Gasteiger charge is 2.26. The van der Waals surface area contributed by atoms with E-state index in [4.69, 9.17) is 15.6 Å². The number of carboxylic acid groups (broad SMARTS) is 1. The van der Waals surface area contributed by atoms with Gasteiger partial charge in [0.1, 0.15) is 0 Å². The van der Waals surface area contributed by atoms with Crippen molar-refractivity contribution < 1.29 is 27.8 Å². The number of rotatable bonds is 6. The fourth-order valence-corrected chi connectivity index (χ4v) is 1.56. The van der Waals surface area contributed by atoms with Gasteiger partial charge >= 0.3 is 12.1 Å². The summed E-state index contributed by atoms with van der Waals surface area (Å²) < 4.78 is 40.7. The standard InChI is InChI=1S/C12H14F3NO3/c13-12(14,15)5-2-6-19-7-8-3-1-4-9(16)10(8)11(17)18/h1,3-4H,2,5-7,16H2,(H,17,18). The average molecular weight is 277 g/mol. The lowest BCUT2D eigenvalue weighted by Gasteiger charge is -2.10. The van der Waals surface area contributed by atoms with Crippen LogP contribution in [0.15, 0.2) is 18.2 Å². The van der Waals surface area contributed by atoms with Gasteiger partial charge in [0.05, 0.1) is 12.2 Å². The summed E-state index contributed by atoms with van der Waals surface area (Å²) in [6, 6.07) is 4.52. The third-order valence-electron chi connectivity index (χ3n) is 2.40. The van der Waals surface area contributed by atoms with Crippen LogP contribution < -0.4 is 5.73 Å². The minimum absolute atomic E-state index is 0.0710. The monoisotopic (exact) mass is 277 g/mol. The molecule has 0 aliphatic rings. The molecular weight excluding hydrogens is 263 g/mol. The zero-order chi connectivity index (χ0) is 14.5. The molecule has 0 saturated heterocycles. The van der Waals surface area contributed by atoms with Crippen LogP contribution in [0.3, 0.4) is 0 Å². The highest BCUT2D eigenvalue weighted by atomic mass is 19.4. The van der Waals surface area contributed by atoms with E-state index < -0.39 is 18.6 Å². The molecule has 0 fully saturated rings. The molecule has 0 amide bonds. The van der Waals surface area contributed by atoms with Gasteiger partial charge in [-0.3, -0.25) is 0 Å². The Kier molecular flexibility index (Phi) is 5.17. The molecule has 3 N–H and O–H groups in total. The van der Waals surface area contributed by atoms with Crippen molar-refractivity contribution in [3.63, 3.8) is 0 Å². The Labute approximate surface area is 108 Å². The summed E-state index contributed by atoms with van der Waals surface area (Å²) in [5.41, 5.74) is 5.90. The molecule has 0 aliphatic heterocycles. The Morgan fingerprint density at radius 2 is 2.05 bits per heavy atom. The van der Waals surface area contributed by atoms with Crippen LogP contribution >= 0.6 is 0 Å². The number of halogens is 3. The lowest BCUT2D eigenvalue weighted by Crippen LogP contribution is -2.10. The summed E-state index contributed by atoms with van der Waals surface area (Å²) in [7, 11) is 0. The third-order valence-corrected chi connectivity index (χ3v) is 2.40. The van der Waals surface area contributed by atoms with Crippen LogP contribution in [-0.2, 0) is 11.3 Å². The summed E-state index contributed by atoms with van der Waals surface area (Å²) in [5, 5.41) is 8.97. The van der Waals surface area contributed by atoms with Crippen molar-refractivity contribution in [1.82, 2.24) is 0 Å². The van der Waals surface area contributed by atoms with Gasteiger partial charge in [-0.1, -0.05) is 12.1 Å². The number of hydrogen-bond acceptors (Lipinski definition) is 3. The number of nitrogen functional groups attached to an aromatic ring is 1. The van der Waals surface area contributed by atoms with Crippen LogP contribution in [0.25, 0.3) is 0 Å². The summed E-state index contributed by atoms with van der Waals surface area (Å²) in [5.74, 6) is -1.19. The molecule has 4 nitrogen and oxygen atoms in total. The van der Waals surface area contributed by atoms with Gasteiger partial charge in [0.25, 0.3) is 0 Å². The quantitative estimate of drug-likeness (QED) is 0.619. The summed E-state index contributed by atoms with van der Waals surface area (Å²) in [4.78, 5) is 11.0. The van der Waals surface area contributed by atoms with Crippen molar-refractivity contribution in [1.29, 1.82) is 0 Å². The fraction of sp³-hybridized carbons (Fsp3) is 0.417. The first-order valence-corrected chi connectivity index (χ1v) is 5.56. The maximum Gasteiger partial charge on any atom is 0.389 e. The zero-order valence-electron chi connectivity index (χ0n) is 10.0. The second kappa shape index (κ2) is 6.42. The Balaban J connectivity index is 2.50. The van der Waals surface area contributed by atoms with Gasteiger partial charge in [0.15, 0.2) is 0 Å². The molecule has 1 rings (SSSR count). The number of ether oxygens (including phenoxy) is 1. The number of benzene rings is 1. The molecule has 0 aliphatic carbocycles. The van der Waals surface area contributed by atoms with Gasteiger partial charge in [0, 0.05) is 18.7 Å². The third kappa shape index (κ3) is 5.17. The summed E-state index contributed by atoms with van der Waals surface area (Å²) >= 11 is 0. The van der Waals surface area contributed by atoms with Gasteiger partial charge in [-0.25, -0.2) is 4.79 Å². The Morgan fingerprint density at radius 3 is 2.63 bits per heavy atom. The molecule has 0 heterocycles. The first kappa shape index (κ1) is 15.3. The molecule has 0 unspecified atom stereocenters. The SMILES string of the molecule is Nc1cccc(COCCCC(F)(F)F)c1C(=O)O. The molecule has 0 radical (unpaired) electrons. The van der Waals surface area contributed by atoms with Crippen molar-refractivity contribution >= 4 is 11.7 Å². The van der Waals surface area contributed by atoms with E-state index in [2.05, 4.69) is 0 Å². The normalized spacial score (nSPS) is 11.5. The number of anilines is 1. The van der Waals surface area contributed by atoms with E-state index in [1.54, 1.807) is 6.07 Å². The number of carboxylic acids is 1. The van der Waals surface area contributed by atoms with Gasteiger partial charge in [-0.15, -0.1) is 0 Å². The smallest absolute Gasteiger partial charge is 0.389 e. The van der Waals surface area contributed by atoms with E-state index in [1.165, 1.54) is 12.1 Å². The van der Waals surface area contributed by atoms with Crippen LogP contribution in [0.4, 0.5) is 18.9 Å². The lowest BCUT2D eigenvalue weighted by atomic mass is 10.1. The van der Waals surface area contributed by atoms with Gasteiger partial charge in [-0.2, -0.15) is 13.2 Å². The molecule has 0 aromatic heterocycles. The van der Waals surface area contributed by atoms with Crippen LogP contribution in [0, 0.1) is 0 Å². The molecule has 19 heavy (non-hydrogen) atoms. The van der Waals surface area contributed by atoms with Gasteiger partial charge < -0.3 is 15.6 Å². The van der Waals surface area contributed by atoms with E-state index in [0.717, 1.165) is 0 Å². The van der Waals surface area contributed by atoms with E-state index in [-0.39, 0.29) is 30.9 Å². The molecular formula is C12H14F3NO3. The minimum Gasteiger partial charge on any atom is -0.478 e. The second-order valence-electron chi connectivity index (χ2n) is 3.96.